The molecule has 2 rings (SSSR count). The Labute approximate surface area is 107 Å². The first kappa shape index (κ1) is 12.7. The number of morpholine rings is 1. The number of ether oxygens (including phenoxy) is 1. The maximum absolute atomic E-state index is 6.26. The fourth-order valence-electron chi connectivity index (χ4n) is 2.29. The van der Waals surface area contributed by atoms with Crippen molar-refractivity contribution in [3.63, 3.8) is 0 Å². The van der Waals surface area contributed by atoms with Gasteiger partial charge in [0.05, 0.1) is 13.2 Å². The lowest BCUT2D eigenvalue weighted by atomic mass is 10.1. The first-order chi connectivity index (χ1) is 8.24. The third kappa shape index (κ3) is 2.73. The standard InChI is InChI=1S/C13H19ClN2O/c1-10-9-17-8-7-16(10)13-4-2-3-12(14)11(13)5-6-15/h2-4,10H,5-9,15H2,1H3. The Hall–Kier alpha value is -0.770. The summed E-state index contributed by atoms with van der Waals surface area (Å²) < 4.78 is 5.46. The lowest BCUT2D eigenvalue weighted by molar-refractivity contribution is 0.0989. The monoisotopic (exact) mass is 254 g/mol. The molecule has 1 saturated heterocycles. The third-order valence-electron chi connectivity index (χ3n) is 3.17. The van der Waals surface area contributed by atoms with E-state index in [4.69, 9.17) is 22.1 Å². The number of anilines is 1. The highest BCUT2D eigenvalue weighted by Crippen LogP contribution is 2.30. The van der Waals surface area contributed by atoms with E-state index in [-0.39, 0.29) is 0 Å². The van der Waals surface area contributed by atoms with Gasteiger partial charge in [0.2, 0.25) is 0 Å². The van der Waals surface area contributed by atoms with Gasteiger partial charge in [-0.25, -0.2) is 0 Å². The number of nitrogens with zero attached hydrogens (tertiary/aromatic N) is 1. The molecule has 1 unspecified atom stereocenters. The summed E-state index contributed by atoms with van der Waals surface area (Å²) in [6.07, 6.45) is 0.819. The van der Waals surface area contributed by atoms with Gasteiger partial charge in [-0.15, -0.1) is 0 Å². The van der Waals surface area contributed by atoms with Crippen molar-refractivity contribution in [3.05, 3.63) is 28.8 Å². The Bertz CT molecular complexity index is 384. The fourth-order valence-corrected chi connectivity index (χ4v) is 2.56. The van der Waals surface area contributed by atoms with Gasteiger partial charge in [-0.05, 0) is 37.6 Å². The van der Waals surface area contributed by atoms with Crippen molar-refractivity contribution >= 4 is 17.3 Å². The van der Waals surface area contributed by atoms with Gasteiger partial charge in [-0.1, -0.05) is 17.7 Å². The smallest absolute Gasteiger partial charge is 0.0668 e. The number of nitrogens with two attached hydrogens (primary N) is 1. The van der Waals surface area contributed by atoms with Gasteiger partial charge in [0.25, 0.3) is 0 Å². The van der Waals surface area contributed by atoms with Gasteiger partial charge in [-0.3, -0.25) is 0 Å². The lowest BCUT2D eigenvalue weighted by Crippen LogP contribution is -2.44. The number of rotatable bonds is 3. The second-order valence-corrected chi connectivity index (χ2v) is 4.80. The predicted octanol–water partition coefficient (Wildman–Crippen LogP) is 2.07. The zero-order chi connectivity index (χ0) is 12.3. The Morgan fingerprint density at radius 1 is 1.53 bits per heavy atom. The molecule has 0 bridgehead atoms. The maximum atomic E-state index is 6.26. The van der Waals surface area contributed by atoms with Gasteiger partial charge in [0, 0.05) is 23.3 Å². The van der Waals surface area contributed by atoms with E-state index in [1.165, 1.54) is 5.69 Å². The third-order valence-corrected chi connectivity index (χ3v) is 3.52. The Morgan fingerprint density at radius 3 is 3.06 bits per heavy atom. The van der Waals surface area contributed by atoms with Crippen LogP contribution in [0, 0.1) is 0 Å². The summed E-state index contributed by atoms with van der Waals surface area (Å²) in [4.78, 5) is 2.36. The topological polar surface area (TPSA) is 38.5 Å². The van der Waals surface area contributed by atoms with Crippen molar-refractivity contribution in [2.24, 2.45) is 5.73 Å². The van der Waals surface area contributed by atoms with Crippen LogP contribution >= 0.6 is 11.6 Å². The molecule has 1 aromatic carbocycles. The molecule has 1 aliphatic rings. The first-order valence-corrected chi connectivity index (χ1v) is 6.43. The molecule has 0 saturated carbocycles. The molecule has 1 atom stereocenters. The SMILES string of the molecule is CC1COCCN1c1cccc(Cl)c1CCN. The molecule has 0 aliphatic carbocycles. The van der Waals surface area contributed by atoms with Gasteiger partial charge in [0.1, 0.15) is 0 Å². The van der Waals surface area contributed by atoms with Crippen LogP contribution < -0.4 is 10.6 Å². The zero-order valence-corrected chi connectivity index (χ0v) is 10.9. The van der Waals surface area contributed by atoms with E-state index in [0.29, 0.717) is 12.6 Å². The van der Waals surface area contributed by atoms with Crippen LogP contribution in [-0.2, 0) is 11.2 Å². The molecule has 17 heavy (non-hydrogen) atoms. The molecule has 0 aromatic heterocycles. The molecular weight excluding hydrogens is 236 g/mol. The molecular formula is C13H19ClN2O. The Balaban J connectivity index is 2.32. The molecule has 4 heteroatoms. The number of benzene rings is 1. The quantitative estimate of drug-likeness (QED) is 0.898. The van der Waals surface area contributed by atoms with Crippen molar-refractivity contribution in [2.75, 3.05) is 31.2 Å². The molecule has 1 aromatic rings. The van der Waals surface area contributed by atoms with Gasteiger partial charge in [0.15, 0.2) is 0 Å². The highest BCUT2D eigenvalue weighted by Gasteiger charge is 2.21. The summed E-state index contributed by atoms with van der Waals surface area (Å²) in [6, 6.07) is 6.44. The molecule has 1 heterocycles. The highest BCUT2D eigenvalue weighted by molar-refractivity contribution is 6.31. The Morgan fingerprint density at radius 2 is 2.35 bits per heavy atom. The normalized spacial score (nSPS) is 20.6. The van der Waals surface area contributed by atoms with Crippen LogP contribution in [0.2, 0.25) is 5.02 Å². The molecule has 1 fully saturated rings. The van der Waals surface area contributed by atoms with E-state index in [2.05, 4.69) is 17.9 Å². The summed E-state index contributed by atoms with van der Waals surface area (Å²) in [5.74, 6) is 0. The van der Waals surface area contributed by atoms with Crippen LogP contribution in [0.15, 0.2) is 18.2 Å². The summed E-state index contributed by atoms with van der Waals surface area (Å²) in [7, 11) is 0. The van der Waals surface area contributed by atoms with E-state index in [1.807, 2.05) is 12.1 Å². The van der Waals surface area contributed by atoms with E-state index < -0.39 is 0 Å². The minimum absolute atomic E-state index is 0.388. The second kappa shape index (κ2) is 5.71. The first-order valence-electron chi connectivity index (χ1n) is 6.06. The number of hydrogen-bond donors (Lipinski definition) is 1. The lowest BCUT2D eigenvalue weighted by Gasteiger charge is -2.36. The van der Waals surface area contributed by atoms with Crippen LogP contribution in [0.4, 0.5) is 5.69 Å². The summed E-state index contributed by atoms with van der Waals surface area (Å²) in [5.41, 5.74) is 8.03. The van der Waals surface area contributed by atoms with E-state index in [9.17, 15) is 0 Å². The summed E-state index contributed by atoms with van der Waals surface area (Å²) in [6.45, 7) is 5.26. The van der Waals surface area contributed by atoms with E-state index >= 15 is 0 Å². The van der Waals surface area contributed by atoms with Crippen LogP contribution in [0.5, 0.6) is 0 Å². The summed E-state index contributed by atoms with van der Waals surface area (Å²) >= 11 is 6.26. The van der Waals surface area contributed by atoms with Gasteiger partial charge < -0.3 is 15.4 Å². The minimum atomic E-state index is 0.388. The number of halogens is 1. The fraction of sp³-hybridized carbons (Fsp3) is 0.538. The molecule has 2 N–H and O–H groups in total. The molecule has 0 spiro atoms. The average molecular weight is 255 g/mol. The van der Waals surface area contributed by atoms with E-state index in [0.717, 1.165) is 36.8 Å². The van der Waals surface area contributed by atoms with Crippen LogP contribution in [0.3, 0.4) is 0 Å². The maximum Gasteiger partial charge on any atom is 0.0668 e. The van der Waals surface area contributed by atoms with Crippen molar-refractivity contribution < 1.29 is 4.74 Å². The molecule has 0 radical (unpaired) electrons. The molecule has 0 amide bonds. The molecule has 1 aliphatic heterocycles. The zero-order valence-electron chi connectivity index (χ0n) is 10.2. The predicted molar refractivity (Wildman–Crippen MR) is 71.8 cm³/mol. The second-order valence-electron chi connectivity index (χ2n) is 4.39. The minimum Gasteiger partial charge on any atom is -0.377 e. The van der Waals surface area contributed by atoms with Crippen molar-refractivity contribution in [3.8, 4) is 0 Å². The van der Waals surface area contributed by atoms with Crippen LogP contribution in [0.25, 0.3) is 0 Å². The average Bonchev–Trinajstić information content (AvgIpc) is 2.33. The largest absolute Gasteiger partial charge is 0.377 e. The van der Waals surface area contributed by atoms with Crippen LogP contribution in [0.1, 0.15) is 12.5 Å². The molecule has 94 valence electrons. The van der Waals surface area contributed by atoms with Crippen molar-refractivity contribution in [2.45, 2.75) is 19.4 Å². The molecule has 3 nitrogen and oxygen atoms in total. The van der Waals surface area contributed by atoms with Crippen molar-refractivity contribution in [1.82, 2.24) is 0 Å². The highest BCUT2D eigenvalue weighted by atomic mass is 35.5. The van der Waals surface area contributed by atoms with Crippen LogP contribution in [-0.4, -0.2) is 32.3 Å². The van der Waals surface area contributed by atoms with Crippen molar-refractivity contribution in [1.29, 1.82) is 0 Å². The van der Waals surface area contributed by atoms with Gasteiger partial charge in [-0.2, -0.15) is 0 Å². The Kier molecular flexibility index (Phi) is 4.26. The van der Waals surface area contributed by atoms with E-state index in [1.54, 1.807) is 0 Å². The number of hydrogen-bond acceptors (Lipinski definition) is 3. The summed E-state index contributed by atoms with van der Waals surface area (Å²) in [5, 5.41) is 0.812. The van der Waals surface area contributed by atoms with Gasteiger partial charge >= 0.3 is 0 Å².